The third-order valence-electron chi connectivity index (χ3n) is 8.84. The summed E-state index contributed by atoms with van der Waals surface area (Å²) in [6.07, 6.45) is 9.43. The fourth-order valence-corrected chi connectivity index (χ4v) is 6.12. The molecular formula is C31H42FN3O4. The molecule has 39 heavy (non-hydrogen) atoms. The number of amides is 2. The van der Waals surface area contributed by atoms with E-state index in [1.807, 2.05) is 18.7 Å². The summed E-state index contributed by atoms with van der Waals surface area (Å²) in [4.78, 5) is 42.6. The Morgan fingerprint density at radius 1 is 1.10 bits per heavy atom. The Balaban J connectivity index is 1.55. The largest absolute Gasteiger partial charge is 0.387 e. The van der Waals surface area contributed by atoms with Gasteiger partial charge in [-0.25, -0.2) is 4.39 Å². The summed E-state index contributed by atoms with van der Waals surface area (Å²) in [6.45, 7) is 4.60. The summed E-state index contributed by atoms with van der Waals surface area (Å²) in [6, 6.07) is 7.32. The highest BCUT2D eigenvalue weighted by atomic mass is 19.1. The van der Waals surface area contributed by atoms with E-state index in [4.69, 9.17) is 0 Å². The Labute approximate surface area is 230 Å². The summed E-state index contributed by atoms with van der Waals surface area (Å²) in [5.41, 5.74) is -1.83. The number of likely N-dealkylation sites (tertiary alicyclic amines) is 1. The fourth-order valence-electron chi connectivity index (χ4n) is 6.12. The SMILES string of the molecule is CN(C)C(=O)c1cn(CC2(O)CCN(C(=O)CCC3CCCCC3)CC2(C)C)c(=O)cc1-c1ccccc1F. The second kappa shape index (κ2) is 11.6. The van der Waals surface area contributed by atoms with Crippen LogP contribution in [0.2, 0.25) is 0 Å². The minimum absolute atomic E-state index is 0.0335. The van der Waals surface area contributed by atoms with E-state index in [-0.39, 0.29) is 35.0 Å². The van der Waals surface area contributed by atoms with Crippen molar-refractivity contribution in [2.75, 3.05) is 27.2 Å². The second-order valence-electron chi connectivity index (χ2n) is 12.3. The number of benzene rings is 1. The molecule has 4 rings (SSSR count). The Bertz CT molecular complexity index is 1260. The van der Waals surface area contributed by atoms with Crippen LogP contribution >= 0.6 is 0 Å². The van der Waals surface area contributed by atoms with Crippen LogP contribution in [0.5, 0.6) is 0 Å². The van der Waals surface area contributed by atoms with Gasteiger partial charge in [0, 0.05) is 62.4 Å². The van der Waals surface area contributed by atoms with E-state index < -0.39 is 22.4 Å². The van der Waals surface area contributed by atoms with Gasteiger partial charge in [-0.05, 0) is 24.8 Å². The van der Waals surface area contributed by atoms with Crippen molar-refractivity contribution in [3.8, 4) is 11.1 Å². The molecule has 2 aliphatic rings. The second-order valence-corrected chi connectivity index (χ2v) is 12.3. The molecule has 0 spiro atoms. The van der Waals surface area contributed by atoms with Crippen LogP contribution in [0.1, 0.15) is 75.6 Å². The summed E-state index contributed by atoms with van der Waals surface area (Å²) < 4.78 is 16.0. The molecule has 1 saturated heterocycles. The molecule has 1 unspecified atom stereocenters. The van der Waals surface area contributed by atoms with Gasteiger partial charge >= 0.3 is 0 Å². The molecule has 1 saturated carbocycles. The standard InChI is InChI=1S/C31H42FN3O4/c1-30(2)20-34(27(36)15-14-22-10-6-5-7-11-22)17-16-31(30,39)21-35-19-25(29(38)33(3)4)24(18-28(35)37)23-12-8-9-13-26(23)32/h8-9,12-13,18-19,22,39H,5-7,10-11,14-17,20-21H2,1-4H3. The molecule has 1 aromatic heterocycles. The molecule has 2 aromatic rings. The van der Waals surface area contributed by atoms with Crippen LogP contribution in [0.15, 0.2) is 41.3 Å². The normalized spacial score (nSPS) is 21.5. The Kier molecular flexibility index (Phi) is 8.64. The lowest BCUT2D eigenvalue weighted by atomic mass is 9.69. The van der Waals surface area contributed by atoms with E-state index in [2.05, 4.69) is 0 Å². The number of rotatable bonds is 7. The average molecular weight is 540 g/mol. The number of hydrogen-bond acceptors (Lipinski definition) is 4. The lowest BCUT2D eigenvalue weighted by Gasteiger charge is -2.50. The number of aromatic nitrogens is 1. The van der Waals surface area contributed by atoms with Crippen molar-refractivity contribution in [3.63, 3.8) is 0 Å². The van der Waals surface area contributed by atoms with Crippen LogP contribution in [0.4, 0.5) is 4.39 Å². The maximum atomic E-state index is 14.6. The van der Waals surface area contributed by atoms with E-state index in [9.17, 15) is 23.9 Å². The number of piperidine rings is 1. The first-order valence-electron chi connectivity index (χ1n) is 14.1. The van der Waals surface area contributed by atoms with Crippen LogP contribution in [0, 0.1) is 17.2 Å². The summed E-state index contributed by atoms with van der Waals surface area (Å²) in [7, 11) is 3.20. The van der Waals surface area contributed by atoms with E-state index in [1.165, 1.54) is 59.9 Å². The number of aliphatic hydroxyl groups is 1. The number of nitrogens with zero attached hydrogens (tertiary/aromatic N) is 3. The van der Waals surface area contributed by atoms with Gasteiger partial charge in [0.05, 0.1) is 17.7 Å². The van der Waals surface area contributed by atoms with E-state index in [0.717, 1.165) is 6.42 Å². The molecule has 0 radical (unpaired) electrons. The predicted octanol–water partition coefficient (Wildman–Crippen LogP) is 4.71. The smallest absolute Gasteiger partial charge is 0.255 e. The molecular weight excluding hydrogens is 497 g/mol. The topological polar surface area (TPSA) is 82.8 Å². The van der Waals surface area contributed by atoms with Crippen molar-refractivity contribution >= 4 is 11.8 Å². The van der Waals surface area contributed by atoms with Gasteiger partial charge < -0.3 is 19.5 Å². The molecule has 2 heterocycles. The summed E-state index contributed by atoms with van der Waals surface area (Å²) >= 11 is 0. The number of carbonyl (C=O) groups is 2. The van der Waals surface area contributed by atoms with E-state index in [0.29, 0.717) is 31.8 Å². The first-order valence-corrected chi connectivity index (χ1v) is 14.1. The van der Waals surface area contributed by atoms with Crippen molar-refractivity contribution in [2.24, 2.45) is 11.3 Å². The molecule has 212 valence electrons. The van der Waals surface area contributed by atoms with Gasteiger partial charge in [0.15, 0.2) is 0 Å². The number of halogens is 1. The highest BCUT2D eigenvalue weighted by Gasteiger charge is 2.49. The molecule has 1 aliphatic carbocycles. The van der Waals surface area contributed by atoms with Crippen molar-refractivity contribution < 1.29 is 19.1 Å². The van der Waals surface area contributed by atoms with Crippen molar-refractivity contribution in [1.29, 1.82) is 0 Å². The summed E-state index contributed by atoms with van der Waals surface area (Å²) in [5.74, 6) is -0.133. The molecule has 7 nitrogen and oxygen atoms in total. The van der Waals surface area contributed by atoms with Gasteiger partial charge in [0.25, 0.3) is 11.5 Å². The van der Waals surface area contributed by atoms with Gasteiger partial charge in [-0.3, -0.25) is 14.4 Å². The molecule has 2 fully saturated rings. The van der Waals surface area contributed by atoms with Crippen LogP contribution in [0.25, 0.3) is 11.1 Å². The maximum absolute atomic E-state index is 14.6. The van der Waals surface area contributed by atoms with Crippen molar-refractivity contribution in [1.82, 2.24) is 14.4 Å². The lowest BCUT2D eigenvalue weighted by molar-refractivity contribution is -0.154. The van der Waals surface area contributed by atoms with Gasteiger partial charge in [-0.15, -0.1) is 0 Å². The minimum atomic E-state index is -1.28. The Hall–Kier alpha value is -3.00. The molecule has 8 heteroatoms. The number of hydrogen-bond donors (Lipinski definition) is 1. The fraction of sp³-hybridized carbons (Fsp3) is 0.581. The Morgan fingerprint density at radius 3 is 2.44 bits per heavy atom. The van der Waals surface area contributed by atoms with Gasteiger partial charge in [0.1, 0.15) is 5.82 Å². The van der Waals surface area contributed by atoms with Gasteiger partial charge in [-0.2, -0.15) is 0 Å². The minimum Gasteiger partial charge on any atom is -0.387 e. The molecule has 1 aromatic carbocycles. The monoisotopic (exact) mass is 539 g/mol. The van der Waals surface area contributed by atoms with E-state index in [1.54, 1.807) is 32.3 Å². The predicted molar refractivity (Wildman–Crippen MR) is 150 cm³/mol. The zero-order valence-electron chi connectivity index (χ0n) is 23.7. The third-order valence-corrected chi connectivity index (χ3v) is 8.84. The third kappa shape index (κ3) is 6.26. The summed E-state index contributed by atoms with van der Waals surface area (Å²) in [5, 5.41) is 11.8. The zero-order valence-corrected chi connectivity index (χ0v) is 23.7. The van der Waals surface area contributed by atoms with Crippen molar-refractivity contribution in [2.45, 2.75) is 77.4 Å². The van der Waals surface area contributed by atoms with Crippen LogP contribution in [-0.4, -0.2) is 64.1 Å². The maximum Gasteiger partial charge on any atom is 0.255 e. The van der Waals surface area contributed by atoms with Crippen LogP contribution in [-0.2, 0) is 11.3 Å². The molecule has 1 aliphatic heterocycles. The first kappa shape index (κ1) is 29.0. The highest BCUT2D eigenvalue weighted by molar-refractivity contribution is 6.00. The average Bonchev–Trinajstić information content (AvgIpc) is 2.90. The number of carbonyl (C=O) groups excluding carboxylic acids is 2. The van der Waals surface area contributed by atoms with Gasteiger partial charge in [0.2, 0.25) is 5.91 Å². The first-order chi connectivity index (χ1) is 18.4. The molecule has 2 amide bonds. The quantitative estimate of drug-likeness (QED) is 0.553. The molecule has 0 bridgehead atoms. The highest BCUT2D eigenvalue weighted by Crippen LogP contribution is 2.40. The van der Waals surface area contributed by atoms with Crippen LogP contribution < -0.4 is 5.56 Å². The molecule has 1 N–H and O–H groups in total. The Morgan fingerprint density at radius 2 is 1.79 bits per heavy atom. The molecule has 1 atom stereocenters. The zero-order chi connectivity index (χ0) is 28.4. The number of pyridine rings is 1. The van der Waals surface area contributed by atoms with Crippen molar-refractivity contribution in [3.05, 3.63) is 58.3 Å². The van der Waals surface area contributed by atoms with Crippen LogP contribution in [0.3, 0.4) is 0 Å². The van der Waals surface area contributed by atoms with E-state index >= 15 is 0 Å². The lowest BCUT2D eigenvalue weighted by Crippen LogP contribution is -2.60. The van der Waals surface area contributed by atoms with Gasteiger partial charge in [-0.1, -0.05) is 64.2 Å².